The largest absolute Gasteiger partial charge is 0.459 e. The predicted octanol–water partition coefficient (Wildman–Crippen LogP) is 5.32. The van der Waals surface area contributed by atoms with Gasteiger partial charge in [-0.15, -0.1) is 0 Å². The van der Waals surface area contributed by atoms with Crippen molar-refractivity contribution < 1.29 is 4.42 Å². The Kier molecular flexibility index (Phi) is 4.32. The van der Waals surface area contributed by atoms with Gasteiger partial charge in [0.05, 0.1) is 6.04 Å². The molecule has 0 saturated heterocycles. The van der Waals surface area contributed by atoms with Crippen LogP contribution in [0.1, 0.15) is 50.3 Å². The molecule has 108 valence electrons. The average molecular weight is 292 g/mol. The first-order valence-electron chi connectivity index (χ1n) is 7.62. The number of nitrogens with one attached hydrogen (secondary N) is 1. The van der Waals surface area contributed by atoms with Gasteiger partial charge in [-0.25, -0.2) is 0 Å². The van der Waals surface area contributed by atoms with Crippen LogP contribution in [0.5, 0.6) is 0 Å². The SMILES string of the molecule is CNC(CCC1CCCC1)c1cc2cc(Cl)ccc2o1. The third-order valence-corrected chi connectivity index (χ3v) is 4.76. The summed E-state index contributed by atoms with van der Waals surface area (Å²) in [4.78, 5) is 0. The molecule has 1 aromatic carbocycles. The van der Waals surface area contributed by atoms with E-state index in [1.54, 1.807) is 0 Å². The lowest BCUT2D eigenvalue weighted by atomic mass is 9.97. The van der Waals surface area contributed by atoms with Gasteiger partial charge in [0.25, 0.3) is 0 Å². The van der Waals surface area contributed by atoms with Crippen LogP contribution in [0.2, 0.25) is 5.02 Å². The Morgan fingerprint density at radius 2 is 2.10 bits per heavy atom. The summed E-state index contributed by atoms with van der Waals surface area (Å²) in [5.74, 6) is 1.95. The quantitative estimate of drug-likeness (QED) is 0.807. The summed E-state index contributed by atoms with van der Waals surface area (Å²) in [6.07, 6.45) is 8.09. The molecule has 1 saturated carbocycles. The Hall–Kier alpha value is -0.990. The molecule has 1 heterocycles. The number of hydrogen-bond donors (Lipinski definition) is 1. The van der Waals surface area contributed by atoms with Crippen LogP contribution >= 0.6 is 11.6 Å². The summed E-state index contributed by atoms with van der Waals surface area (Å²) < 4.78 is 5.97. The monoisotopic (exact) mass is 291 g/mol. The summed E-state index contributed by atoms with van der Waals surface area (Å²) >= 11 is 6.03. The molecule has 1 fully saturated rings. The Balaban J connectivity index is 1.72. The van der Waals surface area contributed by atoms with E-state index in [1.165, 1.54) is 32.1 Å². The fraction of sp³-hybridized carbons (Fsp3) is 0.529. The van der Waals surface area contributed by atoms with Crippen LogP contribution in [-0.4, -0.2) is 7.05 Å². The van der Waals surface area contributed by atoms with Crippen LogP contribution in [-0.2, 0) is 0 Å². The number of hydrogen-bond acceptors (Lipinski definition) is 2. The molecular weight excluding hydrogens is 270 g/mol. The van der Waals surface area contributed by atoms with Crippen molar-refractivity contribution in [1.82, 2.24) is 5.32 Å². The van der Waals surface area contributed by atoms with Gasteiger partial charge in [-0.1, -0.05) is 37.3 Å². The summed E-state index contributed by atoms with van der Waals surface area (Å²) in [7, 11) is 2.01. The maximum atomic E-state index is 6.03. The van der Waals surface area contributed by atoms with Gasteiger partial charge in [0.15, 0.2) is 0 Å². The van der Waals surface area contributed by atoms with Crippen molar-refractivity contribution >= 4 is 22.6 Å². The number of furan rings is 1. The first kappa shape index (κ1) is 14.0. The standard InChI is InChI=1S/C17H22ClNO/c1-19-15(8-6-12-4-2-3-5-12)17-11-13-10-14(18)7-9-16(13)20-17/h7,9-12,15,19H,2-6,8H2,1H3. The van der Waals surface area contributed by atoms with Gasteiger partial charge in [0, 0.05) is 10.4 Å². The minimum atomic E-state index is 0.307. The van der Waals surface area contributed by atoms with Crippen molar-refractivity contribution in [3.63, 3.8) is 0 Å². The van der Waals surface area contributed by atoms with Crippen molar-refractivity contribution in [3.05, 3.63) is 35.0 Å². The van der Waals surface area contributed by atoms with Crippen LogP contribution in [0.15, 0.2) is 28.7 Å². The van der Waals surface area contributed by atoms with E-state index in [-0.39, 0.29) is 0 Å². The lowest BCUT2D eigenvalue weighted by Crippen LogP contribution is -2.16. The zero-order chi connectivity index (χ0) is 13.9. The molecule has 1 aliphatic carbocycles. The zero-order valence-corrected chi connectivity index (χ0v) is 12.7. The lowest BCUT2D eigenvalue weighted by Gasteiger charge is -2.16. The highest BCUT2D eigenvalue weighted by atomic mass is 35.5. The highest BCUT2D eigenvalue weighted by Crippen LogP contribution is 2.33. The molecular formula is C17H22ClNO. The molecule has 20 heavy (non-hydrogen) atoms. The minimum Gasteiger partial charge on any atom is -0.459 e. The van der Waals surface area contributed by atoms with Crippen LogP contribution in [0.25, 0.3) is 11.0 Å². The van der Waals surface area contributed by atoms with Crippen LogP contribution in [0.3, 0.4) is 0 Å². The molecule has 1 atom stereocenters. The van der Waals surface area contributed by atoms with E-state index in [2.05, 4.69) is 11.4 Å². The highest BCUT2D eigenvalue weighted by molar-refractivity contribution is 6.31. The molecule has 0 bridgehead atoms. The van der Waals surface area contributed by atoms with E-state index >= 15 is 0 Å². The Bertz CT molecular complexity index is 571. The van der Waals surface area contributed by atoms with E-state index in [0.717, 1.165) is 34.1 Å². The smallest absolute Gasteiger partial charge is 0.134 e. The molecule has 1 aliphatic rings. The number of fused-ring (bicyclic) bond motifs is 1. The Morgan fingerprint density at radius 1 is 1.30 bits per heavy atom. The molecule has 3 rings (SSSR count). The van der Waals surface area contributed by atoms with Gasteiger partial charge < -0.3 is 9.73 Å². The highest BCUT2D eigenvalue weighted by Gasteiger charge is 2.19. The fourth-order valence-electron chi connectivity index (χ4n) is 3.34. The summed E-state index contributed by atoms with van der Waals surface area (Å²) in [5.41, 5.74) is 0.922. The molecule has 1 unspecified atom stereocenters. The van der Waals surface area contributed by atoms with Crippen molar-refractivity contribution in [2.45, 2.75) is 44.6 Å². The van der Waals surface area contributed by atoms with E-state index < -0.39 is 0 Å². The van der Waals surface area contributed by atoms with Crippen molar-refractivity contribution in [2.24, 2.45) is 5.92 Å². The van der Waals surface area contributed by atoms with Crippen molar-refractivity contribution in [1.29, 1.82) is 0 Å². The third kappa shape index (κ3) is 3.02. The molecule has 0 aliphatic heterocycles. The number of benzene rings is 1. The Labute approximate surface area is 125 Å². The summed E-state index contributed by atoms with van der Waals surface area (Å²) in [6.45, 7) is 0. The predicted molar refractivity (Wildman–Crippen MR) is 84.2 cm³/mol. The van der Waals surface area contributed by atoms with Gasteiger partial charge in [0.1, 0.15) is 11.3 Å². The maximum absolute atomic E-state index is 6.03. The van der Waals surface area contributed by atoms with Crippen LogP contribution in [0.4, 0.5) is 0 Å². The Morgan fingerprint density at radius 3 is 2.85 bits per heavy atom. The number of rotatable bonds is 5. The van der Waals surface area contributed by atoms with E-state index in [4.69, 9.17) is 16.0 Å². The first-order chi connectivity index (χ1) is 9.76. The van der Waals surface area contributed by atoms with Gasteiger partial charge >= 0.3 is 0 Å². The average Bonchev–Trinajstić information content (AvgIpc) is 3.08. The molecule has 0 amide bonds. The van der Waals surface area contributed by atoms with Crippen LogP contribution < -0.4 is 5.32 Å². The molecule has 3 heteroatoms. The molecule has 1 aromatic heterocycles. The third-order valence-electron chi connectivity index (χ3n) is 4.53. The minimum absolute atomic E-state index is 0.307. The van der Waals surface area contributed by atoms with Gasteiger partial charge in [-0.05, 0) is 50.1 Å². The molecule has 1 N–H and O–H groups in total. The second-order valence-electron chi connectivity index (χ2n) is 5.90. The lowest BCUT2D eigenvalue weighted by molar-refractivity contribution is 0.383. The first-order valence-corrected chi connectivity index (χ1v) is 8.00. The number of halogens is 1. The van der Waals surface area contributed by atoms with Gasteiger partial charge in [-0.2, -0.15) is 0 Å². The van der Waals surface area contributed by atoms with Crippen LogP contribution in [0, 0.1) is 5.92 Å². The van der Waals surface area contributed by atoms with Crippen molar-refractivity contribution in [2.75, 3.05) is 7.05 Å². The molecule has 0 radical (unpaired) electrons. The van der Waals surface area contributed by atoms with Crippen molar-refractivity contribution in [3.8, 4) is 0 Å². The molecule has 2 nitrogen and oxygen atoms in total. The van der Waals surface area contributed by atoms with Gasteiger partial charge in [0.2, 0.25) is 0 Å². The maximum Gasteiger partial charge on any atom is 0.134 e. The summed E-state index contributed by atoms with van der Waals surface area (Å²) in [6, 6.07) is 8.22. The second-order valence-corrected chi connectivity index (χ2v) is 6.34. The molecule has 0 spiro atoms. The normalized spacial score (nSPS) is 17.9. The fourth-order valence-corrected chi connectivity index (χ4v) is 3.52. The van der Waals surface area contributed by atoms with E-state index in [9.17, 15) is 0 Å². The zero-order valence-electron chi connectivity index (χ0n) is 12.0. The van der Waals surface area contributed by atoms with Gasteiger partial charge in [-0.3, -0.25) is 0 Å². The topological polar surface area (TPSA) is 25.2 Å². The van der Waals surface area contributed by atoms with E-state index in [1.807, 2.05) is 25.2 Å². The second kappa shape index (κ2) is 6.19. The summed E-state index contributed by atoms with van der Waals surface area (Å²) in [5, 5.41) is 5.24. The van der Waals surface area contributed by atoms with E-state index in [0.29, 0.717) is 6.04 Å². The molecule has 2 aromatic rings.